The van der Waals surface area contributed by atoms with Gasteiger partial charge in [0.15, 0.2) is 5.69 Å². The van der Waals surface area contributed by atoms with E-state index >= 15 is 0 Å². The third-order valence-corrected chi connectivity index (χ3v) is 3.64. The van der Waals surface area contributed by atoms with Crippen LogP contribution in [-0.2, 0) is 4.74 Å². The molecule has 0 aliphatic rings. The molecule has 25 heavy (non-hydrogen) atoms. The molecule has 6 heteroatoms. The van der Waals surface area contributed by atoms with Crippen LogP contribution >= 0.6 is 11.6 Å². The van der Waals surface area contributed by atoms with Crippen molar-refractivity contribution in [2.24, 2.45) is 0 Å². The first kappa shape index (κ1) is 17.1. The summed E-state index contributed by atoms with van der Waals surface area (Å²) in [5.41, 5.74) is 1.22. The second kappa shape index (κ2) is 6.30. The average Bonchev–Trinajstić information content (AvgIpc) is 3.09. The lowest BCUT2D eigenvalue weighted by Crippen LogP contribution is -2.26. The number of fused-ring (bicyclic) bond motifs is 1. The van der Waals surface area contributed by atoms with Crippen LogP contribution in [0.1, 0.15) is 37.8 Å². The number of hydrogen-bond donors (Lipinski definition) is 0. The van der Waals surface area contributed by atoms with Crippen LogP contribution in [0.3, 0.4) is 0 Å². The van der Waals surface area contributed by atoms with E-state index in [0.29, 0.717) is 27.6 Å². The predicted octanol–water partition coefficient (Wildman–Crippen LogP) is 4.77. The zero-order valence-corrected chi connectivity index (χ0v) is 15.1. The van der Waals surface area contributed by atoms with Crippen LogP contribution in [0.5, 0.6) is 0 Å². The van der Waals surface area contributed by atoms with E-state index in [1.54, 1.807) is 31.3 Å². The fourth-order valence-corrected chi connectivity index (χ4v) is 2.50. The van der Waals surface area contributed by atoms with Gasteiger partial charge in [0.2, 0.25) is 0 Å². The smallest absolute Gasteiger partial charge is 0.418 e. The zero-order chi connectivity index (χ0) is 18.2. The monoisotopic (exact) mass is 356 g/mol. The Morgan fingerprint density at radius 1 is 1.28 bits per heavy atom. The van der Waals surface area contributed by atoms with Gasteiger partial charge in [0.1, 0.15) is 11.4 Å². The number of hydrogen-bond acceptors (Lipinski definition) is 4. The zero-order valence-electron chi connectivity index (χ0n) is 14.4. The van der Waals surface area contributed by atoms with Crippen LogP contribution < -0.4 is 0 Å². The van der Waals surface area contributed by atoms with Crippen molar-refractivity contribution in [2.75, 3.05) is 0 Å². The molecule has 0 aliphatic carbocycles. The third-order valence-electron chi connectivity index (χ3n) is 3.32. The Labute approximate surface area is 150 Å². The molecule has 0 bridgehead atoms. The van der Waals surface area contributed by atoms with Crippen molar-refractivity contribution in [3.8, 4) is 11.8 Å². The Kier molecular flexibility index (Phi) is 4.32. The van der Waals surface area contributed by atoms with Crippen molar-refractivity contribution in [1.82, 2.24) is 9.72 Å². The number of carbonyl (C=O) groups excluding carboxylic acids is 1. The predicted molar refractivity (Wildman–Crippen MR) is 95.8 cm³/mol. The van der Waals surface area contributed by atoms with E-state index in [4.69, 9.17) is 20.9 Å². The van der Waals surface area contributed by atoms with Crippen LogP contribution in [0, 0.1) is 18.8 Å². The van der Waals surface area contributed by atoms with Crippen molar-refractivity contribution < 1.29 is 14.1 Å². The molecule has 5 nitrogen and oxygen atoms in total. The number of carbonyl (C=O) groups is 1. The lowest BCUT2D eigenvalue weighted by atomic mass is 10.1. The number of nitrogens with zero attached hydrogens (tertiary/aromatic N) is 2. The summed E-state index contributed by atoms with van der Waals surface area (Å²) in [5, 5.41) is 5.16. The van der Waals surface area contributed by atoms with Crippen molar-refractivity contribution >= 4 is 28.6 Å². The molecule has 0 saturated carbocycles. The highest BCUT2D eigenvalue weighted by Gasteiger charge is 2.19. The second-order valence-electron chi connectivity index (χ2n) is 6.63. The summed E-state index contributed by atoms with van der Waals surface area (Å²) in [7, 11) is 0. The van der Waals surface area contributed by atoms with Gasteiger partial charge < -0.3 is 9.26 Å². The highest BCUT2D eigenvalue weighted by atomic mass is 35.5. The van der Waals surface area contributed by atoms with Gasteiger partial charge in [0.05, 0.1) is 10.5 Å². The Hall–Kier alpha value is -2.71. The van der Waals surface area contributed by atoms with Gasteiger partial charge in [-0.05, 0) is 51.8 Å². The first-order valence-corrected chi connectivity index (χ1v) is 8.10. The van der Waals surface area contributed by atoms with E-state index in [1.165, 1.54) is 4.57 Å². The maximum Gasteiger partial charge on any atom is 0.418 e. The molecule has 0 unspecified atom stereocenters. The van der Waals surface area contributed by atoms with Gasteiger partial charge in [0, 0.05) is 23.2 Å². The minimum Gasteiger partial charge on any atom is -0.443 e. The van der Waals surface area contributed by atoms with E-state index in [9.17, 15) is 4.79 Å². The Morgan fingerprint density at radius 3 is 2.68 bits per heavy atom. The molecule has 3 rings (SSSR count). The highest BCUT2D eigenvalue weighted by molar-refractivity contribution is 6.32. The first-order chi connectivity index (χ1) is 11.7. The maximum absolute atomic E-state index is 12.4. The standard InChI is InChI=1S/C19H17ClN2O3/c1-12-9-15(21-25-12)6-5-13-11-17-14(10-16(13)20)7-8-22(17)18(23)24-19(2,3)4/h7-11H,1-4H3. The summed E-state index contributed by atoms with van der Waals surface area (Å²) in [6, 6.07) is 7.09. The molecule has 2 aromatic heterocycles. The van der Waals surface area contributed by atoms with E-state index in [0.717, 1.165) is 5.39 Å². The summed E-state index contributed by atoms with van der Waals surface area (Å²) in [6.07, 6.45) is 1.21. The number of aromatic nitrogens is 2. The molecule has 2 heterocycles. The topological polar surface area (TPSA) is 57.3 Å². The molecule has 1 aromatic carbocycles. The van der Waals surface area contributed by atoms with Gasteiger partial charge in [0.25, 0.3) is 0 Å². The van der Waals surface area contributed by atoms with E-state index in [2.05, 4.69) is 17.0 Å². The molecule has 0 aliphatic heterocycles. The molecule has 0 N–H and O–H groups in total. The fraction of sp³-hybridized carbons (Fsp3) is 0.263. The third kappa shape index (κ3) is 3.86. The summed E-state index contributed by atoms with van der Waals surface area (Å²) in [6.45, 7) is 7.27. The van der Waals surface area contributed by atoms with Gasteiger partial charge >= 0.3 is 6.09 Å². The number of benzene rings is 1. The normalized spacial score (nSPS) is 11.2. The van der Waals surface area contributed by atoms with Crippen molar-refractivity contribution in [3.05, 3.63) is 52.5 Å². The second-order valence-corrected chi connectivity index (χ2v) is 7.04. The molecule has 128 valence electrons. The highest BCUT2D eigenvalue weighted by Crippen LogP contribution is 2.25. The lowest BCUT2D eigenvalue weighted by Gasteiger charge is -2.19. The van der Waals surface area contributed by atoms with Gasteiger partial charge in [-0.2, -0.15) is 0 Å². The maximum atomic E-state index is 12.4. The molecule has 0 saturated heterocycles. The van der Waals surface area contributed by atoms with Gasteiger partial charge in [-0.1, -0.05) is 22.7 Å². The van der Waals surface area contributed by atoms with E-state index < -0.39 is 11.7 Å². The van der Waals surface area contributed by atoms with E-state index in [1.807, 2.05) is 26.8 Å². The Bertz CT molecular complexity index is 1010. The number of rotatable bonds is 0. The largest absolute Gasteiger partial charge is 0.443 e. The SMILES string of the molecule is Cc1cc(C#Cc2cc3c(ccn3C(=O)OC(C)(C)C)cc2Cl)no1. The lowest BCUT2D eigenvalue weighted by molar-refractivity contribution is 0.0544. The Morgan fingerprint density at radius 2 is 2.04 bits per heavy atom. The summed E-state index contributed by atoms with van der Waals surface area (Å²) in [4.78, 5) is 12.4. The Balaban J connectivity index is 2.01. The average molecular weight is 357 g/mol. The summed E-state index contributed by atoms with van der Waals surface area (Å²) in [5.74, 6) is 6.56. The molecular formula is C19H17ClN2O3. The van der Waals surface area contributed by atoms with Crippen LogP contribution in [0.15, 0.2) is 35.0 Å². The number of ether oxygens (including phenoxy) is 1. The molecule has 0 spiro atoms. The minimum absolute atomic E-state index is 0.448. The number of halogens is 1. The number of aryl methyl sites for hydroxylation is 1. The molecule has 0 amide bonds. The quantitative estimate of drug-likeness (QED) is 0.544. The van der Waals surface area contributed by atoms with Crippen LogP contribution in [0.2, 0.25) is 5.02 Å². The van der Waals surface area contributed by atoms with Crippen LogP contribution in [-0.4, -0.2) is 21.4 Å². The van der Waals surface area contributed by atoms with Crippen molar-refractivity contribution in [3.63, 3.8) is 0 Å². The van der Waals surface area contributed by atoms with E-state index in [-0.39, 0.29) is 0 Å². The first-order valence-electron chi connectivity index (χ1n) is 7.72. The molecule has 0 atom stereocenters. The van der Waals surface area contributed by atoms with Gasteiger partial charge in [-0.25, -0.2) is 4.79 Å². The van der Waals surface area contributed by atoms with Gasteiger partial charge in [-0.15, -0.1) is 0 Å². The molecule has 0 fully saturated rings. The minimum atomic E-state index is -0.576. The fourth-order valence-electron chi connectivity index (χ4n) is 2.28. The molecular weight excluding hydrogens is 340 g/mol. The van der Waals surface area contributed by atoms with Gasteiger partial charge in [-0.3, -0.25) is 4.57 Å². The molecule has 0 radical (unpaired) electrons. The van der Waals surface area contributed by atoms with Crippen LogP contribution in [0.25, 0.3) is 10.9 Å². The summed E-state index contributed by atoms with van der Waals surface area (Å²) >= 11 is 6.30. The van der Waals surface area contributed by atoms with Crippen molar-refractivity contribution in [1.29, 1.82) is 0 Å². The van der Waals surface area contributed by atoms with Crippen molar-refractivity contribution in [2.45, 2.75) is 33.3 Å². The summed E-state index contributed by atoms with van der Waals surface area (Å²) < 4.78 is 11.9. The molecule has 3 aromatic rings. The van der Waals surface area contributed by atoms with Crippen LogP contribution in [0.4, 0.5) is 4.79 Å².